The molecule has 4 nitrogen and oxygen atoms in total. The molecule has 0 unspecified atom stereocenters. The van der Waals surface area contributed by atoms with Gasteiger partial charge in [0.1, 0.15) is 5.82 Å². The Kier molecular flexibility index (Phi) is 3.57. The Morgan fingerprint density at radius 1 is 1.12 bits per heavy atom. The van der Waals surface area contributed by atoms with Gasteiger partial charge in [-0.15, -0.1) is 0 Å². The Balaban J connectivity index is 1.62. The normalized spacial score (nSPS) is 17.4. The molecule has 0 bridgehead atoms. The molecule has 4 heteroatoms. The predicted octanol–water partition coefficient (Wildman–Crippen LogP) is 4.15. The molecule has 4 rings (SSSR count). The van der Waals surface area contributed by atoms with Gasteiger partial charge in [-0.1, -0.05) is 12.1 Å². The fraction of sp³-hybridized carbons (Fsp3) is 0.350. The van der Waals surface area contributed by atoms with Crippen LogP contribution in [0.25, 0.3) is 22.4 Å². The van der Waals surface area contributed by atoms with Gasteiger partial charge in [-0.25, -0.2) is 4.98 Å². The number of aromatic nitrogens is 2. The molecule has 2 aromatic carbocycles. The van der Waals surface area contributed by atoms with Crippen LogP contribution in [-0.2, 0) is 4.74 Å². The van der Waals surface area contributed by atoms with Crippen molar-refractivity contribution in [1.29, 1.82) is 0 Å². The maximum Gasteiger partial charge on any atom is 0.138 e. The first kappa shape index (κ1) is 15.2. The van der Waals surface area contributed by atoms with Gasteiger partial charge >= 0.3 is 0 Å². The molecule has 0 atom stereocenters. The molecule has 24 heavy (non-hydrogen) atoms. The smallest absolute Gasteiger partial charge is 0.138 e. The van der Waals surface area contributed by atoms with E-state index in [1.165, 1.54) is 11.3 Å². The van der Waals surface area contributed by atoms with Crippen LogP contribution in [0.15, 0.2) is 42.5 Å². The second-order valence-electron chi connectivity index (χ2n) is 7.13. The zero-order valence-corrected chi connectivity index (χ0v) is 14.5. The minimum Gasteiger partial charge on any atom is -0.372 e. The Morgan fingerprint density at radius 2 is 1.92 bits per heavy atom. The van der Waals surface area contributed by atoms with Crippen LogP contribution in [-0.4, -0.2) is 35.3 Å². The number of aromatic amines is 1. The molecule has 124 valence electrons. The van der Waals surface area contributed by atoms with E-state index in [0.29, 0.717) is 0 Å². The number of aryl methyl sites for hydroxylation is 1. The third kappa shape index (κ3) is 2.78. The highest BCUT2D eigenvalue weighted by Gasteiger charge is 2.27. The summed E-state index contributed by atoms with van der Waals surface area (Å²) in [6, 6.07) is 14.9. The summed E-state index contributed by atoms with van der Waals surface area (Å²) in [5, 5.41) is 0. The van der Waals surface area contributed by atoms with E-state index in [9.17, 15) is 0 Å². The first-order valence-corrected chi connectivity index (χ1v) is 8.47. The van der Waals surface area contributed by atoms with E-state index in [1.807, 2.05) is 0 Å². The van der Waals surface area contributed by atoms with Gasteiger partial charge < -0.3 is 14.6 Å². The number of para-hydroxylation sites is 1. The topological polar surface area (TPSA) is 41.2 Å². The van der Waals surface area contributed by atoms with Crippen LogP contribution in [0.5, 0.6) is 0 Å². The lowest BCUT2D eigenvalue weighted by Crippen LogP contribution is -2.48. The monoisotopic (exact) mass is 321 g/mol. The zero-order chi connectivity index (χ0) is 16.7. The Hall–Kier alpha value is -2.33. The molecular formula is C20H23N3O. The summed E-state index contributed by atoms with van der Waals surface area (Å²) in [7, 11) is 0. The fourth-order valence-corrected chi connectivity index (χ4v) is 3.38. The third-order valence-electron chi connectivity index (χ3n) is 4.65. The number of hydrogen-bond acceptors (Lipinski definition) is 3. The maximum absolute atomic E-state index is 5.80. The van der Waals surface area contributed by atoms with Crippen molar-refractivity contribution in [2.24, 2.45) is 0 Å². The molecule has 2 heterocycles. The summed E-state index contributed by atoms with van der Waals surface area (Å²) < 4.78 is 5.80. The summed E-state index contributed by atoms with van der Waals surface area (Å²) >= 11 is 0. The van der Waals surface area contributed by atoms with E-state index in [1.54, 1.807) is 0 Å². The number of anilines is 1. The van der Waals surface area contributed by atoms with E-state index >= 15 is 0 Å². The number of rotatable bonds is 2. The summed E-state index contributed by atoms with van der Waals surface area (Å²) in [4.78, 5) is 10.6. The molecule has 1 N–H and O–H groups in total. The van der Waals surface area contributed by atoms with Gasteiger partial charge in [-0.05, 0) is 56.7 Å². The number of nitrogens with zero attached hydrogens (tertiary/aromatic N) is 2. The quantitative estimate of drug-likeness (QED) is 0.771. The summed E-state index contributed by atoms with van der Waals surface area (Å²) in [5.41, 5.74) is 5.59. The molecule has 1 saturated heterocycles. The third-order valence-corrected chi connectivity index (χ3v) is 4.65. The number of H-pyrrole nitrogens is 1. The number of fused-ring (bicyclic) bond motifs is 1. The predicted molar refractivity (Wildman–Crippen MR) is 98.5 cm³/mol. The van der Waals surface area contributed by atoms with Crippen LogP contribution in [0.4, 0.5) is 5.69 Å². The van der Waals surface area contributed by atoms with Crippen molar-refractivity contribution < 1.29 is 4.74 Å². The molecule has 0 amide bonds. The van der Waals surface area contributed by atoms with Gasteiger partial charge in [-0.2, -0.15) is 0 Å². The largest absolute Gasteiger partial charge is 0.372 e. The number of morpholine rings is 1. The van der Waals surface area contributed by atoms with E-state index in [4.69, 9.17) is 9.72 Å². The number of nitrogens with one attached hydrogen (secondary N) is 1. The molecule has 0 saturated carbocycles. The van der Waals surface area contributed by atoms with Gasteiger partial charge in [-0.3, -0.25) is 0 Å². The molecule has 0 radical (unpaired) electrons. The molecule has 1 aliphatic heterocycles. The van der Waals surface area contributed by atoms with E-state index in [0.717, 1.165) is 42.1 Å². The molecule has 3 aromatic rings. The van der Waals surface area contributed by atoms with Crippen LogP contribution in [0, 0.1) is 6.92 Å². The first-order valence-electron chi connectivity index (χ1n) is 8.47. The van der Waals surface area contributed by atoms with Gasteiger partial charge in [0.2, 0.25) is 0 Å². The zero-order valence-electron chi connectivity index (χ0n) is 14.5. The van der Waals surface area contributed by atoms with E-state index in [-0.39, 0.29) is 5.60 Å². The first-order chi connectivity index (χ1) is 11.5. The molecular weight excluding hydrogens is 298 g/mol. The Morgan fingerprint density at radius 3 is 2.62 bits per heavy atom. The second kappa shape index (κ2) is 5.64. The highest BCUT2D eigenvalue weighted by atomic mass is 16.5. The Bertz CT molecular complexity index is 864. The average molecular weight is 321 g/mol. The van der Waals surface area contributed by atoms with Crippen LogP contribution >= 0.6 is 0 Å². The lowest BCUT2D eigenvalue weighted by atomic mass is 10.1. The summed E-state index contributed by atoms with van der Waals surface area (Å²) in [5.74, 6) is 0.924. The van der Waals surface area contributed by atoms with Crippen molar-refractivity contribution in [3.05, 3.63) is 48.0 Å². The molecule has 0 spiro atoms. The van der Waals surface area contributed by atoms with Crippen molar-refractivity contribution >= 4 is 16.7 Å². The molecule has 1 aromatic heterocycles. The van der Waals surface area contributed by atoms with E-state index < -0.39 is 0 Å². The van der Waals surface area contributed by atoms with Crippen molar-refractivity contribution in [1.82, 2.24) is 9.97 Å². The van der Waals surface area contributed by atoms with Gasteiger partial charge in [0, 0.05) is 24.3 Å². The number of hydrogen-bond donors (Lipinski definition) is 1. The average Bonchev–Trinajstić information content (AvgIpc) is 3.00. The number of ether oxygens (including phenoxy) is 1. The van der Waals surface area contributed by atoms with Crippen molar-refractivity contribution in [3.8, 4) is 11.4 Å². The van der Waals surface area contributed by atoms with Gasteiger partial charge in [0.05, 0.1) is 23.2 Å². The van der Waals surface area contributed by atoms with E-state index in [2.05, 4.69) is 73.1 Å². The van der Waals surface area contributed by atoms with Crippen LogP contribution in [0.3, 0.4) is 0 Å². The lowest BCUT2D eigenvalue weighted by molar-refractivity contribution is -0.0276. The Labute approximate surface area is 142 Å². The van der Waals surface area contributed by atoms with Crippen molar-refractivity contribution in [3.63, 3.8) is 0 Å². The standard InChI is InChI=1S/C20H23N3O/c1-14-5-4-6-17-18(14)22-19(21-17)15-7-9-16(10-8-15)23-11-12-24-20(2,3)13-23/h4-10H,11-13H2,1-3H3,(H,21,22). The van der Waals surface area contributed by atoms with Crippen molar-refractivity contribution in [2.75, 3.05) is 24.6 Å². The number of benzene rings is 2. The number of imidazole rings is 1. The van der Waals surface area contributed by atoms with Crippen LogP contribution in [0.2, 0.25) is 0 Å². The van der Waals surface area contributed by atoms with Crippen LogP contribution < -0.4 is 4.90 Å². The SMILES string of the molecule is Cc1cccc2[nH]c(-c3ccc(N4CCOC(C)(C)C4)cc3)nc12. The fourth-order valence-electron chi connectivity index (χ4n) is 3.38. The van der Waals surface area contributed by atoms with Crippen molar-refractivity contribution in [2.45, 2.75) is 26.4 Å². The lowest BCUT2D eigenvalue weighted by Gasteiger charge is -2.39. The molecule has 0 aliphatic carbocycles. The summed E-state index contributed by atoms with van der Waals surface area (Å²) in [6.45, 7) is 9.01. The minimum absolute atomic E-state index is 0.0901. The summed E-state index contributed by atoms with van der Waals surface area (Å²) in [6.07, 6.45) is 0. The highest BCUT2D eigenvalue weighted by Crippen LogP contribution is 2.27. The maximum atomic E-state index is 5.80. The van der Waals surface area contributed by atoms with Crippen LogP contribution in [0.1, 0.15) is 19.4 Å². The minimum atomic E-state index is -0.0901. The van der Waals surface area contributed by atoms with Gasteiger partial charge in [0.15, 0.2) is 0 Å². The highest BCUT2D eigenvalue weighted by molar-refractivity contribution is 5.82. The second-order valence-corrected chi connectivity index (χ2v) is 7.13. The molecule has 1 aliphatic rings. The molecule has 1 fully saturated rings. The van der Waals surface area contributed by atoms with Gasteiger partial charge in [0.25, 0.3) is 0 Å².